The van der Waals surface area contributed by atoms with E-state index in [0.717, 1.165) is 17.0 Å². The zero-order valence-electron chi connectivity index (χ0n) is 8.44. The lowest BCUT2D eigenvalue weighted by molar-refractivity contribution is 0.770. The summed E-state index contributed by atoms with van der Waals surface area (Å²) in [5.74, 6) is 1.11. The van der Waals surface area contributed by atoms with Crippen LogP contribution in [0.3, 0.4) is 0 Å². The molecule has 2 heterocycles. The summed E-state index contributed by atoms with van der Waals surface area (Å²) in [4.78, 5) is 4.38. The van der Waals surface area contributed by atoms with E-state index in [1.807, 2.05) is 19.2 Å². The van der Waals surface area contributed by atoms with Crippen LogP contribution in [-0.4, -0.2) is 21.1 Å². The number of aryl methyl sites for hydroxylation is 1. The first-order valence-corrected chi connectivity index (χ1v) is 4.74. The van der Waals surface area contributed by atoms with E-state index in [0.29, 0.717) is 12.5 Å². The molecule has 1 unspecified atom stereocenters. The smallest absolute Gasteiger partial charge is 0.159 e. The maximum atomic E-state index is 5.64. The molecule has 0 amide bonds. The molecule has 0 aliphatic rings. The second-order valence-electron chi connectivity index (χ2n) is 3.53. The Morgan fingerprint density at radius 3 is 3.07 bits per heavy atom. The van der Waals surface area contributed by atoms with E-state index in [4.69, 9.17) is 5.73 Å². The van der Waals surface area contributed by atoms with Crippen molar-refractivity contribution in [1.82, 2.24) is 14.6 Å². The number of aromatic nitrogens is 3. The largest absolute Gasteiger partial charge is 0.330 e. The number of hydrogen-bond acceptors (Lipinski definition) is 3. The van der Waals surface area contributed by atoms with E-state index < -0.39 is 0 Å². The van der Waals surface area contributed by atoms with Gasteiger partial charge in [-0.05, 0) is 25.5 Å². The highest BCUT2D eigenvalue weighted by atomic mass is 15.3. The van der Waals surface area contributed by atoms with Crippen LogP contribution in [0.25, 0.3) is 5.65 Å². The van der Waals surface area contributed by atoms with Gasteiger partial charge in [-0.25, -0.2) is 9.50 Å². The van der Waals surface area contributed by atoms with Crippen LogP contribution >= 0.6 is 0 Å². The lowest BCUT2D eigenvalue weighted by Crippen LogP contribution is -2.10. The summed E-state index contributed by atoms with van der Waals surface area (Å²) in [6.45, 7) is 4.62. The molecule has 14 heavy (non-hydrogen) atoms. The fourth-order valence-electron chi connectivity index (χ4n) is 1.55. The normalized spacial score (nSPS) is 13.4. The Labute approximate surface area is 82.8 Å². The third-order valence-electron chi connectivity index (χ3n) is 2.38. The molecule has 0 spiro atoms. The number of nitrogens with zero attached hydrogens (tertiary/aromatic N) is 3. The van der Waals surface area contributed by atoms with Crippen molar-refractivity contribution in [2.75, 3.05) is 6.54 Å². The molecule has 4 nitrogen and oxygen atoms in total. The third kappa shape index (κ3) is 1.37. The predicted octanol–water partition coefficient (Wildman–Crippen LogP) is 1.10. The first-order valence-electron chi connectivity index (χ1n) is 4.74. The third-order valence-corrected chi connectivity index (χ3v) is 2.38. The van der Waals surface area contributed by atoms with Crippen LogP contribution < -0.4 is 5.73 Å². The summed E-state index contributed by atoms with van der Waals surface area (Å²) >= 11 is 0. The first kappa shape index (κ1) is 9.15. The molecule has 4 heteroatoms. The molecule has 0 aliphatic carbocycles. The molecule has 2 rings (SSSR count). The van der Waals surface area contributed by atoms with Crippen LogP contribution in [0.2, 0.25) is 0 Å². The van der Waals surface area contributed by atoms with E-state index >= 15 is 0 Å². The van der Waals surface area contributed by atoms with E-state index in [9.17, 15) is 0 Å². The number of fused-ring (bicyclic) bond motifs is 1. The molecule has 0 radical (unpaired) electrons. The Balaban J connectivity index is 2.64. The van der Waals surface area contributed by atoms with Crippen molar-refractivity contribution in [3.05, 3.63) is 29.7 Å². The Bertz CT molecular complexity index is 446. The molecule has 74 valence electrons. The van der Waals surface area contributed by atoms with Crippen LogP contribution in [0.4, 0.5) is 0 Å². The van der Waals surface area contributed by atoms with Gasteiger partial charge in [0.05, 0.1) is 0 Å². The van der Waals surface area contributed by atoms with Gasteiger partial charge in [0.2, 0.25) is 0 Å². The lowest BCUT2D eigenvalue weighted by Gasteiger charge is -2.08. The molecule has 2 aromatic rings. The molecule has 0 fully saturated rings. The zero-order valence-corrected chi connectivity index (χ0v) is 8.44. The molecule has 2 aromatic heterocycles. The monoisotopic (exact) mass is 190 g/mol. The van der Waals surface area contributed by atoms with Gasteiger partial charge in [0, 0.05) is 11.8 Å². The van der Waals surface area contributed by atoms with Crippen LogP contribution in [0, 0.1) is 6.92 Å². The topological polar surface area (TPSA) is 56.2 Å². The standard InChI is InChI=1S/C10H14N4/c1-7(6-11)9-4-3-5-14-10(9)12-8(2)13-14/h3-5,7H,6,11H2,1-2H3. The molecule has 0 aromatic carbocycles. The minimum Gasteiger partial charge on any atom is -0.330 e. The zero-order chi connectivity index (χ0) is 10.1. The Morgan fingerprint density at radius 1 is 1.57 bits per heavy atom. The van der Waals surface area contributed by atoms with Gasteiger partial charge in [0.25, 0.3) is 0 Å². The van der Waals surface area contributed by atoms with E-state index in [-0.39, 0.29) is 0 Å². The number of pyridine rings is 1. The first-order chi connectivity index (χ1) is 6.72. The minimum absolute atomic E-state index is 0.322. The summed E-state index contributed by atoms with van der Waals surface area (Å²) in [7, 11) is 0. The Hall–Kier alpha value is -1.42. The lowest BCUT2D eigenvalue weighted by atomic mass is 10.0. The maximum Gasteiger partial charge on any atom is 0.159 e. The molecule has 0 aliphatic heterocycles. The van der Waals surface area contributed by atoms with Gasteiger partial charge in [-0.15, -0.1) is 0 Å². The number of hydrogen-bond donors (Lipinski definition) is 1. The van der Waals surface area contributed by atoms with Crippen molar-refractivity contribution < 1.29 is 0 Å². The molecular weight excluding hydrogens is 176 g/mol. The van der Waals surface area contributed by atoms with E-state index in [1.54, 1.807) is 4.52 Å². The molecule has 0 bridgehead atoms. The molecule has 0 saturated heterocycles. The van der Waals surface area contributed by atoms with Crippen LogP contribution in [0.1, 0.15) is 24.2 Å². The fourth-order valence-corrected chi connectivity index (χ4v) is 1.55. The summed E-state index contributed by atoms with van der Waals surface area (Å²) in [6, 6.07) is 4.03. The van der Waals surface area contributed by atoms with Crippen molar-refractivity contribution in [1.29, 1.82) is 0 Å². The van der Waals surface area contributed by atoms with Crippen LogP contribution in [0.5, 0.6) is 0 Å². The average molecular weight is 190 g/mol. The van der Waals surface area contributed by atoms with Gasteiger partial charge >= 0.3 is 0 Å². The summed E-state index contributed by atoms with van der Waals surface area (Å²) in [6.07, 6.45) is 1.90. The van der Waals surface area contributed by atoms with E-state index in [2.05, 4.69) is 23.1 Å². The molecule has 1 atom stereocenters. The Morgan fingerprint density at radius 2 is 2.36 bits per heavy atom. The van der Waals surface area contributed by atoms with Crippen molar-refractivity contribution >= 4 is 5.65 Å². The number of rotatable bonds is 2. The second kappa shape index (κ2) is 3.38. The second-order valence-corrected chi connectivity index (χ2v) is 3.53. The van der Waals surface area contributed by atoms with Gasteiger partial charge in [-0.2, -0.15) is 5.10 Å². The average Bonchev–Trinajstić information content (AvgIpc) is 2.56. The van der Waals surface area contributed by atoms with Crippen molar-refractivity contribution in [3.63, 3.8) is 0 Å². The SMILES string of the molecule is Cc1nc2c(C(C)CN)cccn2n1. The quantitative estimate of drug-likeness (QED) is 0.771. The van der Waals surface area contributed by atoms with Gasteiger partial charge in [0.1, 0.15) is 5.82 Å². The molecule has 0 saturated carbocycles. The minimum atomic E-state index is 0.322. The summed E-state index contributed by atoms with van der Waals surface area (Å²) < 4.78 is 1.80. The van der Waals surface area contributed by atoms with Gasteiger partial charge < -0.3 is 5.73 Å². The fraction of sp³-hybridized carbons (Fsp3) is 0.400. The van der Waals surface area contributed by atoms with E-state index in [1.165, 1.54) is 0 Å². The van der Waals surface area contributed by atoms with Crippen LogP contribution in [-0.2, 0) is 0 Å². The highest BCUT2D eigenvalue weighted by Gasteiger charge is 2.10. The Kier molecular flexibility index (Phi) is 2.21. The summed E-state index contributed by atoms with van der Waals surface area (Å²) in [5.41, 5.74) is 7.73. The molecule has 2 N–H and O–H groups in total. The highest BCUT2D eigenvalue weighted by Crippen LogP contribution is 2.18. The highest BCUT2D eigenvalue weighted by molar-refractivity contribution is 5.48. The van der Waals surface area contributed by atoms with Crippen molar-refractivity contribution in [3.8, 4) is 0 Å². The van der Waals surface area contributed by atoms with Crippen molar-refractivity contribution in [2.24, 2.45) is 5.73 Å². The molecular formula is C10H14N4. The predicted molar refractivity (Wildman–Crippen MR) is 55.2 cm³/mol. The van der Waals surface area contributed by atoms with Gasteiger partial charge in [-0.3, -0.25) is 0 Å². The maximum absolute atomic E-state index is 5.64. The van der Waals surface area contributed by atoms with Gasteiger partial charge in [0.15, 0.2) is 5.65 Å². The number of nitrogens with two attached hydrogens (primary N) is 1. The van der Waals surface area contributed by atoms with Gasteiger partial charge in [-0.1, -0.05) is 13.0 Å². The summed E-state index contributed by atoms with van der Waals surface area (Å²) in [5, 5.41) is 4.26. The van der Waals surface area contributed by atoms with Crippen molar-refractivity contribution in [2.45, 2.75) is 19.8 Å². The van der Waals surface area contributed by atoms with Crippen LogP contribution in [0.15, 0.2) is 18.3 Å².